The maximum Gasteiger partial charge on any atom is 0.159 e. The Hall–Kier alpha value is -0.670. The zero-order valence-electron chi connectivity index (χ0n) is 7.92. The van der Waals surface area contributed by atoms with E-state index in [9.17, 15) is 4.79 Å². The molecule has 2 N–H and O–H groups in total. The molecule has 13 heavy (non-hydrogen) atoms. The molecule has 0 heterocycles. The summed E-state index contributed by atoms with van der Waals surface area (Å²) >= 11 is 0. The van der Waals surface area contributed by atoms with Crippen LogP contribution in [0.25, 0.3) is 0 Å². The number of Topliss-reactive ketones (excluding diaryl/α,β-unsaturated/α-hetero) is 1. The molecule has 0 spiro atoms. The van der Waals surface area contributed by atoms with Crippen molar-refractivity contribution in [3.8, 4) is 0 Å². The molecule has 0 aromatic heterocycles. The summed E-state index contributed by atoms with van der Waals surface area (Å²) in [7, 11) is 0. The highest BCUT2D eigenvalue weighted by Gasteiger charge is 2.20. The van der Waals surface area contributed by atoms with Gasteiger partial charge in [0.15, 0.2) is 5.78 Å². The first-order valence-electron chi connectivity index (χ1n) is 4.66. The standard InChI is InChI=1S/C10H16O3/c1-7-2-5-10(13)9(7)4-3-8(12)6-11/h8,11-12H,2-6H2,1H3. The molecule has 0 aliphatic heterocycles. The number of carbonyl (C=O) groups is 1. The molecule has 1 aliphatic carbocycles. The molecule has 1 aliphatic rings. The highest BCUT2D eigenvalue weighted by atomic mass is 16.3. The van der Waals surface area contributed by atoms with Gasteiger partial charge >= 0.3 is 0 Å². The highest BCUT2D eigenvalue weighted by molar-refractivity contribution is 5.98. The van der Waals surface area contributed by atoms with Crippen molar-refractivity contribution < 1.29 is 15.0 Å². The largest absolute Gasteiger partial charge is 0.394 e. The van der Waals surface area contributed by atoms with Crippen LogP contribution in [0.3, 0.4) is 0 Å². The van der Waals surface area contributed by atoms with Gasteiger partial charge in [0.05, 0.1) is 12.7 Å². The van der Waals surface area contributed by atoms with Crippen molar-refractivity contribution in [3.05, 3.63) is 11.1 Å². The number of aliphatic hydroxyl groups is 2. The summed E-state index contributed by atoms with van der Waals surface area (Å²) in [6, 6.07) is 0. The number of carbonyl (C=O) groups excluding carboxylic acids is 1. The maximum absolute atomic E-state index is 11.3. The molecular formula is C10H16O3. The van der Waals surface area contributed by atoms with Crippen LogP contribution in [0.4, 0.5) is 0 Å². The average molecular weight is 184 g/mol. The van der Waals surface area contributed by atoms with Crippen LogP contribution in [0.1, 0.15) is 32.6 Å². The van der Waals surface area contributed by atoms with E-state index in [4.69, 9.17) is 10.2 Å². The molecule has 0 fully saturated rings. The Morgan fingerprint density at radius 3 is 2.62 bits per heavy atom. The quantitative estimate of drug-likeness (QED) is 0.679. The number of hydrogen-bond acceptors (Lipinski definition) is 3. The molecule has 1 atom stereocenters. The van der Waals surface area contributed by atoms with Gasteiger partial charge < -0.3 is 10.2 Å². The van der Waals surface area contributed by atoms with Crippen molar-refractivity contribution in [2.24, 2.45) is 0 Å². The van der Waals surface area contributed by atoms with E-state index in [2.05, 4.69) is 0 Å². The minimum absolute atomic E-state index is 0.211. The lowest BCUT2D eigenvalue weighted by Gasteiger charge is -2.07. The normalized spacial score (nSPS) is 19.8. The molecule has 3 nitrogen and oxygen atoms in total. The monoisotopic (exact) mass is 184 g/mol. The number of hydrogen-bond donors (Lipinski definition) is 2. The van der Waals surface area contributed by atoms with Gasteiger partial charge in [0.2, 0.25) is 0 Å². The molecule has 0 saturated heterocycles. The minimum atomic E-state index is -0.686. The van der Waals surface area contributed by atoms with Crippen LogP contribution in [0.5, 0.6) is 0 Å². The number of ketones is 1. The lowest BCUT2D eigenvalue weighted by Crippen LogP contribution is -2.12. The minimum Gasteiger partial charge on any atom is -0.394 e. The molecule has 0 aromatic carbocycles. The number of allylic oxidation sites excluding steroid dienone is 2. The zero-order valence-corrected chi connectivity index (χ0v) is 7.92. The van der Waals surface area contributed by atoms with Crippen LogP contribution in [-0.2, 0) is 4.79 Å². The van der Waals surface area contributed by atoms with E-state index in [-0.39, 0.29) is 12.4 Å². The topological polar surface area (TPSA) is 57.5 Å². The molecule has 1 rings (SSSR count). The zero-order chi connectivity index (χ0) is 9.84. The van der Waals surface area contributed by atoms with E-state index in [1.807, 2.05) is 6.92 Å². The number of rotatable bonds is 4. The van der Waals surface area contributed by atoms with E-state index in [1.165, 1.54) is 0 Å². The first kappa shape index (κ1) is 10.4. The Balaban J connectivity index is 2.44. The van der Waals surface area contributed by atoms with E-state index in [1.54, 1.807) is 0 Å². The summed E-state index contributed by atoms with van der Waals surface area (Å²) in [6.45, 7) is 1.74. The van der Waals surface area contributed by atoms with Gasteiger partial charge in [0, 0.05) is 6.42 Å². The Morgan fingerprint density at radius 1 is 1.46 bits per heavy atom. The van der Waals surface area contributed by atoms with E-state index in [0.29, 0.717) is 19.3 Å². The van der Waals surface area contributed by atoms with Crippen molar-refractivity contribution >= 4 is 5.78 Å². The van der Waals surface area contributed by atoms with Gasteiger partial charge in [-0.25, -0.2) is 0 Å². The lowest BCUT2D eigenvalue weighted by molar-refractivity contribution is -0.115. The van der Waals surface area contributed by atoms with Crippen LogP contribution in [0, 0.1) is 0 Å². The smallest absolute Gasteiger partial charge is 0.159 e. The summed E-state index contributed by atoms with van der Waals surface area (Å²) < 4.78 is 0. The van der Waals surface area contributed by atoms with Gasteiger partial charge in [0.1, 0.15) is 0 Å². The molecule has 74 valence electrons. The lowest BCUT2D eigenvalue weighted by atomic mass is 10.0. The first-order chi connectivity index (χ1) is 6.15. The maximum atomic E-state index is 11.3. The van der Waals surface area contributed by atoms with E-state index < -0.39 is 6.10 Å². The van der Waals surface area contributed by atoms with Crippen LogP contribution < -0.4 is 0 Å². The number of aliphatic hydroxyl groups excluding tert-OH is 2. The SMILES string of the molecule is CC1=C(CCC(O)CO)C(=O)CC1. The Morgan fingerprint density at radius 2 is 2.15 bits per heavy atom. The van der Waals surface area contributed by atoms with Crippen LogP contribution in [0.15, 0.2) is 11.1 Å². The Labute approximate surface area is 78.1 Å². The molecule has 0 radical (unpaired) electrons. The van der Waals surface area contributed by atoms with Crippen molar-refractivity contribution in [2.75, 3.05) is 6.61 Å². The Bertz CT molecular complexity index is 230. The third kappa shape index (κ3) is 2.64. The van der Waals surface area contributed by atoms with Crippen molar-refractivity contribution in [1.82, 2.24) is 0 Å². The van der Waals surface area contributed by atoms with Crippen molar-refractivity contribution in [3.63, 3.8) is 0 Å². The molecule has 0 saturated carbocycles. The molecule has 3 heteroatoms. The molecule has 0 aromatic rings. The summed E-state index contributed by atoms with van der Waals surface area (Å²) in [4.78, 5) is 11.3. The van der Waals surface area contributed by atoms with E-state index >= 15 is 0 Å². The second-order valence-electron chi connectivity index (χ2n) is 3.56. The molecule has 0 bridgehead atoms. The van der Waals surface area contributed by atoms with Gasteiger partial charge in [-0.15, -0.1) is 0 Å². The average Bonchev–Trinajstić information content (AvgIpc) is 2.43. The van der Waals surface area contributed by atoms with Gasteiger partial charge in [-0.3, -0.25) is 4.79 Å². The molecule has 0 amide bonds. The van der Waals surface area contributed by atoms with Crippen LogP contribution in [-0.4, -0.2) is 28.7 Å². The fourth-order valence-electron chi connectivity index (χ4n) is 1.60. The van der Waals surface area contributed by atoms with Gasteiger partial charge in [-0.2, -0.15) is 0 Å². The predicted molar refractivity (Wildman–Crippen MR) is 49.3 cm³/mol. The van der Waals surface area contributed by atoms with E-state index in [0.717, 1.165) is 17.6 Å². The second kappa shape index (κ2) is 4.53. The summed E-state index contributed by atoms with van der Waals surface area (Å²) in [5.74, 6) is 0.211. The summed E-state index contributed by atoms with van der Waals surface area (Å²) in [5.41, 5.74) is 2.02. The third-order valence-electron chi connectivity index (χ3n) is 2.52. The fourth-order valence-corrected chi connectivity index (χ4v) is 1.60. The van der Waals surface area contributed by atoms with Gasteiger partial charge in [-0.1, -0.05) is 5.57 Å². The fraction of sp³-hybridized carbons (Fsp3) is 0.700. The molecule has 1 unspecified atom stereocenters. The van der Waals surface area contributed by atoms with Gasteiger partial charge in [-0.05, 0) is 31.8 Å². The van der Waals surface area contributed by atoms with Crippen LogP contribution >= 0.6 is 0 Å². The summed E-state index contributed by atoms with van der Waals surface area (Å²) in [5, 5.41) is 17.7. The summed E-state index contributed by atoms with van der Waals surface area (Å²) in [6.07, 6.45) is 1.88. The third-order valence-corrected chi connectivity index (χ3v) is 2.52. The Kier molecular flexibility index (Phi) is 3.63. The first-order valence-corrected chi connectivity index (χ1v) is 4.66. The second-order valence-corrected chi connectivity index (χ2v) is 3.56. The van der Waals surface area contributed by atoms with Crippen LogP contribution in [0.2, 0.25) is 0 Å². The predicted octanol–water partition coefficient (Wildman–Crippen LogP) is 0.799. The highest BCUT2D eigenvalue weighted by Crippen LogP contribution is 2.26. The van der Waals surface area contributed by atoms with Crippen molar-refractivity contribution in [1.29, 1.82) is 0 Å². The van der Waals surface area contributed by atoms with Gasteiger partial charge in [0.25, 0.3) is 0 Å². The van der Waals surface area contributed by atoms with Crippen molar-refractivity contribution in [2.45, 2.75) is 38.7 Å². The molecular weight excluding hydrogens is 168 g/mol.